The molecule has 0 radical (unpaired) electrons. The highest BCUT2D eigenvalue weighted by Gasteiger charge is 2.31. The van der Waals surface area contributed by atoms with Crippen molar-refractivity contribution in [2.45, 2.75) is 23.5 Å². The molecule has 176 valence electrons. The van der Waals surface area contributed by atoms with Crippen LogP contribution in [0.15, 0.2) is 77.1 Å². The first-order valence-electron chi connectivity index (χ1n) is 10.8. The van der Waals surface area contributed by atoms with Crippen molar-refractivity contribution < 1.29 is 18.0 Å². The van der Waals surface area contributed by atoms with Crippen LogP contribution in [0.4, 0.5) is 0 Å². The number of benzene rings is 2. The molecule has 1 unspecified atom stereocenters. The van der Waals surface area contributed by atoms with E-state index < -0.39 is 26.9 Å². The lowest BCUT2D eigenvalue weighted by molar-refractivity contribution is -0.139. The quantitative estimate of drug-likeness (QED) is 0.325. The molecule has 7 nitrogen and oxygen atoms in total. The van der Waals surface area contributed by atoms with Crippen molar-refractivity contribution in [3.05, 3.63) is 88.2 Å². The van der Waals surface area contributed by atoms with E-state index in [-0.39, 0.29) is 18.0 Å². The molecule has 0 saturated heterocycles. The van der Waals surface area contributed by atoms with Crippen molar-refractivity contribution in [2.24, 2.45) is 0 Å². The second kappa shape index (κ2) is 10.2. The van der Waals surface area contributed by atoms with Gasteiger partial charge in [0.05, 0.1) is 4.90 Å². The highest BCUT2D eigenvalue weighted by molar-refractivity contribution is 7.91. The Balaban J connectivity index is 1.37. The van der Waals surface area contributed by atoms with Crippen LogP contribution >= 0.6 is 11.3 Å². The van der Waals surface area contributed by atoms with Crippen LogP contribution in [0.2, 0.25) is 0 Å². The number of amides is 2. The molecule has 2 amide bonds. The Kier molecular flexibility index (Phi) is 7.14. The Morgan fingerprint density at radius 1 is 0.971 bits per heavy atom. The lowest BCUT2D eigenvalue weighted by atomic mass is 10.1. The van der Waals surface area contributed by atoms with Crippen LogP contribution < -0.4 is 10.6 Å². The number of nitrogens with one attached hydrogen (secondary N) is 3. The summed E-state index contributed by atoms with van der Waals surface area (Å²) in [5, 5.41) is 6.98. The summed E-state index contributed by atoms with van der Waals surface area (Å²) in [6.07, 6.45) is 2.45. The SMILES string of the molecule is Cc1ccc(S(=O)(=O)C(CNC(=O)C(=O)NCCc2c[nH]c3ccccc23)c2cccs2)cc1. The molecule has 9 heteroatoms. The number of sulfone groups is 1. The Morgan fingerprint density at radius 2 is 1.71 bits per heavy atom. The van der Waals surface area contributed by atoms with Gasteiger partial charge in [-0.1, -0.05) is 42.0 Å². The van der Waals surface area contributed by atoms with Gasteiger partial charge in [0.15, 0.2) is 9.84 Å². The number of hydrogen-bond donors (Lipinski definition) is 3. The van der Waals surface area contributed by atoms with Crippen molar-refractivity contribution in [3.8, 4) is 0 Å². The fourth-order valence-electron chi connectivity index (χ4n) is 3.73. The van der Waals surface area contributed by atoms with Crippen LogP contribution in [-0.4, -0.2) is 38.3 Å². The Morgan fingerprint density at radius 3 is 2.44 bits per heavy atom. The van der Waals surface area contributed by atoms with E-state index in [0.29, 0.717) is 11.3 Å². The zero-order chi connectivity index (χ0) is 24.1. The van der Waals surface area contributed by atoms with Crippen molar-refractivity contribution in [2.75, 3.05) is 13.1 Å². The van der Waals surface area contributed by atoms with Gasteiger partial charge < -0.3 is 15.6 Å². The molecular weight excluding hydrogens is 470 g/mol. The molecule has 0 spiro atoms. The van der Waals surface area contributed by atoms with E-state index in [9.17, 15) is 18.0 Å². The van der Waals surface area contributed by atoms with Gasteiger partial charge in [-0.25, -0.2) is 8.42 Å². The maximum absolute atomic E-state index is 13.3. The van der Waals surface area contributed by atoms with Gasteiger partial charge in [0, 0.05) is 35.1 Å². The monoisotopic (exact) mass is 495 g/mol. The predicted octanol–water partition coefficient (Wildman–Crippen LogP) is 3.53. The van der Waals surface area contributed by atoms with Crippen molar-refractivity contribution >= 4 is 43.9 Å². The van der Waals surface area contributed by atoms with Crippen LogP contribution in [0.3, 0.4) is 0 Å². The largest absolute Gasteiger partial charge is 0.361 e. The minimum atomic E-state index is -3.77. The smallest absolute Gasteiger partial charge is 0.309 e. The third-order valence-corrected chi connectivity index (χ3v) is 8.83. The first-order valence-corrected chi connectivity index (χ1v) is 13.2. The van der Waals surface area contributed by atoms with Gasteiger partial charge in [-0.15, -0.1) is 11.3 Å². The minimum absolute atomic E-state index is 0.175. The van der Waals surface area contributed by atoms with Crippen LogP contribution in [0.5, 0.6) is 0 Å². The number of rotatable bonds is 8. The van der Waals surface area contributed by atoms with Gasteiger partial charge in [-0.05, 0) is 48.6 Å². The van der Waals surface area contributed by atoms with Crippen molar-refractivity contribution in [1.82, 2.24) is 15.6 Å². The molecule has 4 rings (SSSR count). The predicted molar refractivity (Wildman–Crippen MR) is 133 cm³/mol. The van der Waals surface area contributed by atoms with Gasteiger partial charge in [-0.3, -0.25) is 9.59 Å². The van der Waals surface area contributed by atoms with Gasteiger partial charge in [-0.2, -0.15) is 0 Å². The topological polar surface area (TPSA) is 108 Å². The lowest BCUT2D eigenvalue weighted by Crippen LogP contribution is -2.42. The zero-order valence-corrected chi connectivity index (χ0v) is 20.2. The number of aromatic amines is 1. The minimum Gasteiger partial charge on any atom is -0.361 e. The summed E-state index contributed by atoms with van der Waals surface area (Å²) >= 11 is 1.30. The number of carbonyl (C=O) groups excluding carboxylic acids is 2. The van der Waals surface area contributed by atoms with E-state index in [1.807, 2.05) is 37.4 Å². The molecule has 2 aromatic heterocycles. The van der Waals surface area contributed by atoms with Gasteiger partial charge >= 0.3 is 11.8 Å². The van der Waals surface area contributed by atoms with Crippen molar-refractivity contribution in [3.63, 3.8) is 0 Å². The van der Waals surface area contributed by atoms with Crippen molar-refractivity contribution in [1.29, 1.82) is 0 Å². The third-order valence-electron chi connectivity index (χ3n) is 5.59. The van der Waals surface area contributed by atoms with E-state index >= 15 is 0 Å². The van der Waals surface area contributed by atoms with E-state index in [1.54, 1.807) is 41.8 Å². The second-order valence-corrected chi connectivity index (χ2v) is 11.0. The molecule has 0 fully saturated rings. The first kappa shape index (κ1) is 23.7. The number of H-pyrrole nitrogens is 1. The summed E-state index contributed by atoms with van der Waals surface area (Å²) in [5.41, 5.74) is 3.00. The molecule has 0 bridgehead atoms. The second-order valence-electron chi connectivity index (χ2n) is 7.94. The number of carbonyl (C=O) groups is 2. The average molecular weight is 496 g/mol. The van der Waals surface area contributed by atoms with E-state index in [0.717, 1.165) is 22.0 Å². The highest BCUT2D eigenvalue weighted by atomic mass is 32.2. The van der Waals surface area contributed by atoms with Crippen LogP contribution in [0.1, 0.15) is 21.3 Å². The van der Waals surface area contributed by atoms with Crippen LogP contribution in [0, 0.1) is 6.92 Å². The van der Waals surface area contributed by atoms with Crippen LogP contribution in [-0.2, 0) is 25.8 Å². The normalized spacial score (nSPS) is 12.4. The lowest BCUT2D eigenvalue weighted by Gasteiger charge is -2.17. The summed E-state index contributed by atoms with van der Waals surface area (Å²) < 4.78 is 26.6. The van der Waals surface area contributed by atoms with Gasteiger partial charge in [0.25, 0.3) is 0 Å². The maximum Gasteiger partial charge on any atom is 0.309 e. The number of aromatic nitrogens is 1. The fourth-order valence-corrected chi connectivity index (χ4v) is 6.51. The summed E-state index contributed by atoms with van der Waals surface area (Å²) in [5.74, 6) is -1.66. The molecule has 0 aliphatic rings. The summed E-state index contributed by atoms with van der Waals surface area (Å²) in [4.78, 5) is 28.7. The molecule has 2 heterocycles. The molecule has 34 heavy (non-hydrogen) atoms. The molecule has 1 atom stereocenters. The van der Waals surface area contributed by atoms with Gasteiger partial charge in [0.1, 0.15) is 5.25 Å². The number of aryl methyl sites for hydroxylation is 1. The molecule has 0 saturated carbocycles. The molecule has 0 aliphatic heterocycles. The molecular formula is C25H25N3O4S2. The number of thiophene rings is 1. The summed E-state index contributed by atoms with van der Waals surface area (Å²) in [6.45, 7) is 1.96. The first-order chi connectivity index (χ1) is 16.4. The third kappa shape index (κ3) is 5.21. The Labute approximate surface area is 202 Å². The number of para-hydroxylation sites is 1. The maximum atomic E-state index is 13.3. The average Bonchev–Trinajstić information content (AvgIpc) is 3.50. The van der Waals surface area contributed by atoms with E-state index in [1.165, 1.54) is 11.3 Å². The van der Waals surface area contributed by atoms with E-state index in [4.69, 9.17) is 0 Å². The molecule has 2 aromatic carbocycles. The number of hydrogen-bond acceptors (Lipinski definition) is 5. The van der Waals surface area contributed by atoms with Gasteiger partial charge in [0.2, 0.25) is 0 Å². The summed E-state index contributed by atoms with van der Waals surface area (Å²) in [7, 11) is -3.77. The van der Waals surface area contributed by atoms with Crippen LogP contribution in [0.25, 0.3) is 10.9 Å². The zero-order valence-electron chi connectivity index (χ0n) is 18.6. The fraction of sp³-hybridized carbons (Fsp3) is 0.200. The number of fused-ring (bicyclic) bond motifs is 1. The molecule has 0 aliphatic carbocycles. The Hall–Kier alpha value is -3.43. The standard InChI is InChI=1S/C25H25N3O4S2/c1-17-8-10-19(11-9-17)34(31,32)23(22-7-4-14-33-22)16-28-25(30)24(29)26-13-12-18-15-27-21-6-3-2-5-20(18)21/h2-11,14-15,23,27H,12-13,16H2,1H3,(H,26,29)(H,28,30). The van der Waals surface area contributed by atoms with E-state index in [2.05, 4.69) is 15.6 Å². The molecule has 4 aromatic rings. The Bertz CT molecular complexity index is 1390. The highest BCUT2D eigenvalue weighted by Crippen LogP contribution is 2.31. The molecule has 3 N–H and O–H groups in total. The summed E-state index contributed by atoms with van der Waals surface area (Å²) in [6, 6.07) is 17.9.